The van der Waals surface area contributed by atoms with E-state index in [2.05, 4.69) is 21.2 Å². The van der Waals surface area contributed by atoms with Crippen molar-refractivity contribution in [3.63, 3.8) is 0 Å². The predicted molar refractivity (Wildman–Crippen MR) is 70.9 cm³/mol. The van der Waals surface area contributed by atoms with Crippen molar-refractivity contribution in [2.24, 2.45) is 5.41 Å². The van der Waals surface area contributed by atoms with E-state index in [1.54, 1.807) is 26.8 Å². The molecule has 1 N–H and O–H groups in total. The highest BCUT2D eigenvalue weighted by Crippen LogP contribution is 2.16. The fraction of sp³-hybridized carbons (Fsp3) is 0.385. The number of carbonyl (C=O) groups is 2. The van der Waals surface area contributed by atoms with Crippen LogP contribution in [0, 0.1) is 11.2 Å². The van der Waals surface area contributed by atoms with Crippen LogP contribution in [0.5, 0.6) is 0 Å². The molecule has 0 aliphatic carbocycles. The fourth-order valence-corrected chi connectivity index (χ4v) is 1.53. The minimum atomic E-state index is -0.620. The van der Waals surface area contributed by atoms with E-state index < -0.39 is 17.1 Å². The second-order valence-electron chi connectivity index (χ2n) is 4.98. The third-order valence-electron chi connectivity index (χ3n) is 2.42. The molecular weight excluding hydrogens is 301 g/mol. The van der Waals surface area contributed by atoms with E-state index in [9.17, 15) is 14.0 Å². The van der Waals surface area contributed by atoms with E-state index in [1.165, 1.54) is 12.1 Å². The van der Waals surface area contributed by atoms with E-state index >= 15 is 0 Å². The van der Waals surface area contributed by atoms with Crippen molar-refractivity contribution >= 4 is 27.6 Å². The van der Waals surface area contributed by atoms with E-state index in [0.717, 1.165) is 0 Å². The predicted octanol–water partition coefficient (Wildman–Crippen LogP) is 2.93. The highest BCUT2D eigenvalue weighted by atomic mass is 79.9. The average molecular weight is 316 g/mol. The van der Waals surface area contributed by atoms with Crippen LogP contribution >= 0.6 is 15.9 Å². The normalized spacial score (nSPS) is 11.2. The lowest BCUT2D eigenvalue weighted by atomic mass is 9.91. The first-order valence-electron chi connectivity index (χ1n) is 5.48. The molecule has 0 radical (unpaired) electrons. The number of rotatable bonds is 3. The molecule has 18 heavy (non-hydrogen) atoms. The Kier molecular flexibility index (Phi) is 4.62. The molecular formula is C13H15BrFNO2. The standard InChI is InChI=1S/C13H15BrFNO2/c1-13(2,3)11(17)7-16-12(18)9-5-4-8(14)6-10(9)15/h4-6H,7H2,1-3H3,(H,16,18). The first kappa shape index (κ1) is 14.8. The summed E-state index contributed by atoms with van der Waals surface area (Å²) in [6.45, 7) is 5.20. The molecule has 1 aromatic carbocycles. The zero-order valence-electron chi connectivity index (χ0n) is 10.5. The summed E-state index contributed by atoms with van der Waals surface area (Å²) in [5, 5.41) is 2.42. The van der Waals surface area contributed by atoms with Crippen LogP contribution in [0.15, 0.2) is 22.7 Å². The molecule has 98 valence electrons. The summed E-state index contributed by atoms with van der Waals surface area (Å²) in [5.74, 6) is -1.31. The van der Waals surface area contributed by atoms with Crippen molar-refractivity contribution in [3.05, 3.63) is 34.1 Å². The monoisotopic (exact) mass is 315 g/mol. The van der Waals surface area contributed by atoms with Crippen molar-refractivity contribution in [1.29, 1.82) is 0 Å². The minimum absolute atomic E-state index is 0.0695. The first-order chi connectivity index (χ1) is 8.21. The van der Waals surface area contributed by atoms with Crippen molar-refractivity contribution in [2.45, 2.75) is 20.8 Å². The molecule has 3 nitrogen and oxygen atoms in total. The Labute approximate surface area is 114 Å². The Hall–Kier alpha value is -1.23. The van der Waals surface area contributed by atoms with Gasteiger partial charge in [0.1, 0.15) is 5.82 Å². The quantitative estimate of drug-likeness (QED) is 0.932. The summed E-state index contributed by atoms with van der Waals surface area (Å²) in [6.07, 6.45) is 0. The van der Waals surface area contributed by atoms with Gasteiger partial charge in [-0.2, -0.15) is 0 Å². The van der Waals surface area contributed by atoms with Gasteiger partial charge in [-0.25, -0.2) is 4.39 Å². The smallest absolute Gasteiger partial charge is 0.254 e. The number of Topliss-reactive ketones (excluding diaryl/α,β-unsaturated/α-hetero) is 1. The van der Waals surface area contributed by atoms with Crippen molar-refractivity contribution < 1.29 is 14.0 Å². The molecule has 0 aliphatic heterocycles. The van der Waals surface area contributed by atoms with Crippen LogP contribution in [0.1, 0.15) is 31.1 Å². The van der Waals surface area contributed by atoms with Crippen LogP contribution in [-0.2, 0) is 4.79 Å². The van der Waals surface area contributed by atoms with Crippen molar-refractivity contribution in [1.82, 2.24) is 5.32 Å². The number of halogens is 2. The van der Waals surface area contributed by atoms with Gasteiger partial charge in [-0.15, -0.1) is 0 Å². The summed E-state index contributed by atoms with van der Waals surface area (Å²) in [7, 11) is 0. The lowest BCUT2D eigenvalue weighted by Crippen LogP contribution is -2.35. The molecule has 0 bridgehead atoms. The second-order valence-corrected chi connectivity index (χ2v) is 5.90. The molecule has 5 heteroatoms. The molecule has 1 rings (SSSR count). The Bertz CT molecular complexity index is 480. The van der Waals surface area contributed by atoms with Gasteiger partial charge in [0.15, 0.2) is 5.78 Å². The molecule has 0 aliphatic rings. The van der Waals surface area contributed by atoms with Gasteiger partial charge in [0.2, 0.25) is 0 Å². The van der Waals surface area contributed by atoms with Gasteiger partial charge in [0.05, 0.1) is 12.1 Å². The summed E-state index contributed by atoms with van der Waals surface area (Å²) < 4.78 is 14.0. The zero-order chi connectivity index (χ0) is 13.9. The third-order valence-corrected chi connectivity index (χ3v) is 2.92. The highest BCUT2D eigenvalue weighted by molar-refractivity contribution is 9.10. The van der Waals surface area contributed by atoms with Gasteiger partial charge in [0, 0.05) is 9.89 Å². The van der Waals surface area contributed by atoms with E-state index in [-0.39, 0.29) is 17.9 Å². The lowest BCUT2D eigenvalue weighted by Gasteiger charge is -2.16. The van der Waals surface area contributed by atoms with Crippen molar-refractivity contribution in [2.75, 3.05) is 6.54 Å². The lowest BCUT2D eigenvalue weighted by molar-refractivity contribution is -0.125. The van der Waals surface area contributed by atoms with Crippen LogP contribution in [0.25, 0.3) is 0 Å². The first-order valence-corrected chi connectivity index (χ1v) is 6.27. The van der Waals surface area contributed by atoms with Crippen LogP contribution in [-0.4, -0.2) is 18.2 Å². The molecule has 0 saturated heterocycles. The second kappa shape index (κ2) is 5.61. The summed E-state index contributed by atoms with van der Waals surface area (Å²) in [4.78, 5) is 23.3. The average Bonchev–Trinajstić information content (AvgIpc) is 2.24. The van der Waals surface area contributed by atoms with Gasteiger partial charge < -0.3 is 5.32 Å². The topological polar surface area (TPSA) is 46.2 Å². The van der Waals surface area contributed by atoms with Crippen LogP contribution in [0.3, 0.4) is 0 Å². The Balaban J connectivity index is 2.70. The molecule has 1 aromatic rings. The van der Waals surface area contributed by atoms with E-state index in [0.29, 0.717) is 4.47 Å². The number of ketones is 1. The maximum atomic E-state index is 13.5. The largest absolute Gasteiger partial charge is 0.345 e. The zero-order valence-corrected chi connectivity index (χ0v) is 12.1. The van der Waals surface area contributed by atoms with Crippen LogP contribution in [0.2, 0.25) is 0 Å². The van der Waals surface area contributed by atoms with Gasteiger partial charge >= 0.3 is 0 Å². The van der Waals surface area contributed by atoms with E-state index in [4.69, 9.17) is 0 Å². The van der Waals surface area contributed by atoms with Crippen LogP contribution < -0.4 is 5.32 Å². The van der Waals surface area contributed by atoms with Gasteiger partial charge in [-0.1, -0.05) is 36.7 Å². The van der Waals surface area contributed by atoms with Crippen LogP contribution in [0.4, 0.5) is 4.39 Å². The maximum absolute atomic E-state index is 13.5. The number of nitrogens with one attached hydrogen (secondary N) is 1. The number of hydrogen-bond donors (Lipinski definition) is 1. The number of benzene rings is 1. The highest BCUT2D eigenvalue weighted by Gasteiger charge is 2.22. The molecule has 0 atom stereocenters. The minimum Gasteiger partial charge on any atom is -0.345 e. The van der Waals surface area contributed by atoms with Crippen molar-refractivity contribution in [3.8, 4) is 0 Å². The third kappa shape index (κ3) is 3.91. The van der Waals surface area contributed by atoms with E-state index in [1.807, 2.05) is 0 Å². The molecule has 1 amide bonds. The number of carbonyl (C=O) groups excluding carboxylic acids is 2. The Morgan fingerprint density at radius 2 is 1.94 bits per heavy atom. The van der Waals surface area contributed by atoms with Gasteiger partial charge in [-0.05, 0) is 18.2 Å². The SMILES string of the molecule is CC(C)(C)C(=O)CNC(=O)c1ccc(Br)cc1F. The summed E-state index contributed by atoms with van der Waals surface area (Å²) in [5.41, 5.74) is -0.592. The van der Waals surface area contributed by atoms with Gasteiger partial charge in [-0.3, -0.25) is 9.59 Å². The number of hydrogen-bond acceptors (Lipinski definition) is 2. The molecule has 0 fully saturated rings. The summed E-state index contributed by atoms with van der Waals surface area (Å²) in [6, 6.07) is 4.15. The Morgan fingerprint density at radius 1 is 1.33 bits per heavy atom. The molecule has 0 spiro atoms. The molecule has 0 unspecified atom stereocenters. The van der Waals surface area contributed by atoms with Gasteiger partial charge in [0.25, 0.3) is 5.91 Å². The molecule has 0 aromatic heterocycles. The Morgan fingerprint density at radius 3 is 2.44 bits per heavy atom. The molecule has 0 saturated carbocycles. The molecule has 0 heterocycles. The number of amides is 1. The summed E-state index contributed by atoms with van der Waals surface area (Å²) >= 11 is 3.11. The fourth-order valence-electron chi connectivity index (χ4n) is 1.19. The maximum Gasteiger partial charge on any atom is 0.254 e.